The summed E-state index contributed by atoms with van der Waals surface area (Å²) in [4.78, 5) is 14.5. The number of likely N-dealkylation sites (tertiary alicyclic amines) is 1. The Morgan fingerprint density at radius 3 is 2.59 bits per heavy atom. The van der Waals surface area contributed by atoms with Gasteiger partial charge in [0.15, 0.2) is 11.6 Å². The third-order valence-electron chi connectivity index (χ3n) is 7.45. The molecule has 1 fully saturated rings. The number of carbonyl (C=O) groups excluding carboxylic acids is 1. The first-order chi connectivity index (χ1) is 17.7. The third-order valence-corrected chi connectivity index (χ3v) is 7.45. The van der Waals surface area contributed by atoms with E-state index in [2.05, 4.69) is 29.6 Å². The summed E-state index contributed by atoms with van der Waals surface area (Å²) in [5.41, 5.74) is 1.20. The number of halogens is 4. The number of nitrogens with one attached hydrogen (secondary N) is 1. The lowest BCUT2D eigenvalue weighted by molar-refractivity contribution is -0.0785. The Balaban J connectivity index is 1.18. The zero-order chi connectivity index (χ0) is 26.2. The van der Waals surface area contributed by atoms with Crippen LogP contribution in [0.4, 0.5) is 17.6 Å². The Bertz CT molecular complexity index is 1320. The van der Waals surface area contributed by atoms with Crippen LogP contribution in [0, 0.1) is 23.3 Å². The number of fused-ring (bicyclic) bond motifs is 1. The highest BCUT2D eigenvalue weighted by Crippen LogP contribution is 2.35. The number of aryl methyl sites for hydroxylation is 1. The molecule has 0 bridgehead atoms. The van der Waals surface area contributed by atoms with Crippen LogP contribution in [0.25, 0.3) is 0 Å². The summed E-state index contributed by atoms with van der Waals surface area (Å²) in [6.45, 7) is 1.10. The molecule has 0 saturated carbocycles. The van der Waals surface area contributed by atoms with Crippen molar-refractivity contribution in [3.05, 3.63) is 106 Å². The Kier molecular flexibility index (Phi) is 7.05. The fourth-order valence-electron chi connectivity index (χ4n) is 5.45. The zero-order valence-electron chi connectivity index (χ0n) is 20.2. The molecule has 0 spiro atoms. The van der Waals surface area contributed by atoms with Gasteiger partial charge in [-0.1, -0.05) is 30.3 Å². The van der Waals surface area contributed by atoms with Gasteiger partial charge in [-0.25, -0.2) is 17.6 Å². The summed E-state index contributed by atoms with van der Waals surface area (Å²) >= 11 is 0. The number of aliphatic hydroxyl groups is 1. The lowest BCUT2D eigenvalue weighted by Crippen LogP contribution is -2.67. The zero-order valence-corrected chi connectivity index (χ0v) is 20.2. The summed E-state index contributed by atoms with van der Waals surface area (Å²) in [7, 11) is 0. The topological polar surface area (TPSA) is 52.6 Å². The molecule has 1 heterocycles. The van der Waals surface area contributed by atoms with E-state index >= 15 is 0 Å². The van der Waals surface area contributed by atoms with E-state index in [1.54, 1.807) is 0 Å². The summed E-state index contributed by atoms with van der Waals surface area (Å²) < 4.78 is 56.1. The van der Waals surface area contributed by atoms with Crippen molar-refractivity contribution in [2.75, 3.05) is 26.2 Å². The van der Waals surface area contributed by atoms with Crippen LogP contribution in [0.1, 0.15) is 51.4 Å². The Morgan fingerprint density at radius 1 is 1.03 bits per heavy atom. The smallest absolute Gasteiger partial charge is 0.254 e. The van der Waals surface area contributed by atoms with E-state index in [0.29, 0.717) is 18.5 Å². The van der Waals surface area contributed by atoms with Gasteiger partial charge in [0.2, 0.25) is 0 Å². The van der Waals surface area contributed by atoms with Gasteiger partial charge >= 0.3 is 0 Å². The van der Waals surface area contributed by atoms with Gasteiger partial charge in [-0.3, -0.25) is 4.79 Å². The number of nitrogens with zero attached hydrogens (tertiary/aromatic N) is 1. The Labute approximate surface area is 212 Å². The molecule has 0 radical (unpaired) electrons. The van der Waals surface area contributed by atoms with Crippen LogP contribution in [0.5, 0.6) is 0 Å². The lowest BCUT2D eigenvalue weighted by atomic mass is 9.91. The van der Waals surface area contributed by atoms with Crippen molar-refractivity contribution in [1.29, 1.82) is 0 Å². The number of amides is 1. The van der Waals surface area contributed by atoms with E-state index in [-0.39, 0.29) is 29.8 Å². The average molecular weight is 513 g/mol. The van der Waals surface area contributed by atoms with Crippen LogP contribution in [0.2, 0.25) is 0 Å². The first kappa shape index (κ1) is 25.4. The molecule has 1 aliphatic carbocycles. The van der Waals surface area contributed by atoms with Gasteiger partial charge in [-0.15, -0.1) is 0 Å². The highest BCUT2D eigenvalue weighted by molar-refractivity contribution is 5.96. The van der Waals surface area contributed by atoms with E-state index < -0.39 is 41.2 Å². The molecular formula is C29H28F4N2O2. The predicted molar refractivity (Wildman–Crippen MR) is 131 cm³/mol. The van der Waals surface area contributed by atoms with Gasteiger partial charge < -0.3 is 15.3 Å². The monoisotopic (exact) mass is 512 g/mol. The van der Waals surface area contributed by atoms with Crippen molar-refractivity contribution in [2.45, 2.75) is 37.2 Å². The maximum Gasteiger partial charge on any atom is 0.254 e. The van der Waals surface area contributed by atoms with Gasteiger partial charge in [0, 0.05) is 30.2 Å². The van der Waals surface area contributed by atoms with E-state index in [1.807, 2.05) is 0 Å². The van der Waals surface area contributed by atoms with Crippen LogP contribution in [-0.2, 0) is 12.8 Å². The number of hydrogen-bond acceptors (Lipinski definition) is 3. The van der Waals surface area contributed by atoms with Gasteiger partial charge in [0.25, 0.3) is 5.91 Å². The second-order valence-corrected chi connectivity index (χ2v) is 10.1. The van der Waals surface area contributed by atoms with Crippen LogP contribution in [0.3, 0.4) is 0 Å². The van der Waals surface area contributed by atoms with E-state index in [4.69, 9.17) is 0 Å². The molecule has 1 unspecified atom stereocenters. The van der Waals surface area contributed by atoms with E-state index in [0.717, 1.165) is 50.1 Å². The Hall–Kier alpha value is -3.23. The fourth-order valence-corrected chi connectivity index (χ4v) is 5.45. The lowest BCUT2D eigenvalue weighted by Gasteiger charge is -2.46. The quantitative estimate of drug-likeness (QED) is 0.339. The van der Waals surface area contributed by atoms with Gasteiger partial charge in [-0.05, 0) is 66.6 Å². The summed E-state index contributed by atoms with van der Waals surface area (Å²) in [6, 6.07) is 13.3. The first-order valence-electron chi connectivity index (χ1n) is 12.4. The molecular weight excluding hydrogens is 484 g/mol. The summed E-state index contributed by atoms with van der Waals surface area (Å²) in [6.07, 6.45) is 2.74. The van der Waals surface area contributed by atoms with Crippen molar-refractivity contribution in [2.24, 2.45) is 0 Å². The molecule has 1 saturated heterocycles. The highest BCUT2D eigenvalue weighted by Gasteiger charge is 2.44. The second-order valence-electron chi connectivity index (χ2n) is 10.1. The molecule has 3 aromatic carbocycles. The Morgan fingerprint density at radius 2 is 1.81 bits per heavy atom. The number of benzene rings is 3. The minimum Gasteiger partial charge on any atom is -0.385 e. The van der Waals surface area contributed by atoms with Crippen molar-refractivity contribution in [3.8, 4) is 0 Å². The third kappa shape index (κ3) is 5.26. The summed E-state index contributed by atoms with van der Waals surface area (Å²) in [5, 5.41) is 14.1. The molecule has 4 nitrogen and oxygen atoms in total. The molecule has 0 aromatic heterocycles. The molecule has 1 amide bonds. The fraction of sp³-hybridized carbons (Fsp3) is 0.345. The number of hydrogen-bond donors (Lipinski definition) is 2. The van der Waals surface area contributed by atoms with Crippen molar-refractivity contribution in [3.63, 3.8) is 0 Å². The second kappa shape index (κ2) is 10.3. The predicted octanol–water partition coefficient (Wildman–Crippen LogP) is 4.73. The molecule has 3 aromatic rings. The summed E-state index contributed by atoms with van der Waals surface area (Å²) in [5.74, 6) is -4.20. The van der Waals surface area contributed by atoms with Crippen molar-refractivity contribution < 1.29 is 27.5 Å². The standard InChI is InChI=1S/C29H28F4N2O2/c30-21-8-7-20(26(32)14-21)13-24-23(9-10-25(31)27(24)33)28(36)35-16-29(37,17-35)15-34-12-11-19-6-5-18-3-1-2-4-22(18)19/h1-4,7-10,14,19,34,37H,5-6,11-13,15-17H2. The largest absolute Gasteiger partial charge is 0.385 e. The molecule has 194 valence electrons. The van der Waals surface area contributed by atoms with Crippen LogP contribution >= 0.6 is 0 Å². The van der Waals surface area contributed by atoms with E-state index in [1.165, 1.54) is 16.0 Å². The molecule has 2 aliphatic rings. The highest BCUT2D eigenvalue weighted by atomic mass is 19.2. The SMILES string of the molecule is O=C(c1ccc(F)c(F)c1Cc1ccc(F)cc1F)N1CC(O)(CNCCC2CCc3ccccc32)C1. The number of carbonyl (C=O) groups is 1. The minimum absolute atomic E-state index is 0.0362. The molecule has 8 heteroatoms. The van der Waals surface area contributed by atoms with Crippen molar-refractivity contribution in [1.82, 2.24) is 10.2 Å². The normalized spacial score (nSPS) is 18.0. The maximum atomic E-state index is 14.7. The minimum atomic E-state index is -1.25. The molecule has 37 heavy (non-hydrogen) atoms. The van der Waals surface area contributed by atoms with Crippen LogP contribution in [0.15, 0.2) is 54.6 Å². The van der Waals surface area contributed by atoms with Gasteiger partial charge in [0.05, 0.1) is 13.1 Å². The molecule has 2 N–H and O–H groups in total. The van der Waals surface area contributed by atoms with Crippen LogP contribution in [-0.4, -0.2) is 47.7 Å². The van der Waals surface area contributed by atoms with E-state index in [9.17, 15) is 27.5 Å². The molecule has 1 aliphatic heterocycles. The maximum absolute atomic E-state index is 14.7. The molecule has 1 atom stereocenters. The number of β-amino-alcohol motifs (C(OH)–C–C–N with tert-alkyl or cyclic N) is 1. The average Bonchev–Trinajstić information content (AvgIpc) is 3.27. The number of rotatable bonds is 8. The van der Waals surface area contributed by atoms with Crippen molar-refractivity contribution >= 4 is 5.91 Å². The molecule has 5 rings (SSSR count). The van der Waals surface area contributed by atoms with Gasteiger partial charge in [0.1, 0.15) is 17.2 Å². The first-order valence-corrected chi connectivity index (χ1v) is 12.4. The van der Waals surface area contributed by atoms with Crippen LogP contribution < -0.4 is 5.32 Å². The van der Waals surface area contributed by atoms with Gasteiger partial charge in [-0.2, -0.15) is 0 Å².